The van der Waals surface area contributed by atoms with Gasteiger partial charge in [-0.15, -0.1) is 0 Å². The van der Waals surface area contributed by atoms with Crippen LogP contribution in [0.15, 0.2) is 0 Å². The number of hydrogen-bond acceptors (Lipinski definition) is 2. The summed E-state index contributed by atoms with van der Waals surface area (Å²) in [5.74, 6) is 0. The molecule has 74 valence electrons. The van der Waals surface area contributed by atoms with E-state index in [1.54, 1.807) is 0 Å². The molecule has 0 saturated heterocycles. The lowest BCUT2D eigenvalue weighted by Gasteiger charge is -2.45. The van der Waals surface area contributed by atoms with Gasteiger partial charge in [-0.2, -0.15) is 5.26 Å². The zero-order valence-electron chi connectivity index (χ0n) is 9.02. The Balaban J connectivity index is 3.08. The SMILES string of the molecule is CC(C)(C#N)C1(C)CCCC1(C)O. The molecule has 1 N–H and O–H groups in total. The molecule has 0 aromatic rings. The standard InChI is InChI=1S/C11H19NO/c1-9(2,8-12)10(3)6-5-7-11(10,4)13/h13H,5-7H2,1-4H3. The molecule has 1 aliphatic rings. The molecule has 2 heteroatoms. The molecule has 1 saturated carbocycles. The number of nitriles is 1. The Bertz CT molecular complexity index is 249. The first kappa shape index (κ1) is 10.5. The van der Waals surface area contributed by atoms with Gasteiger partial charge in [0, 0.05) is 5.41 Å². The Morgan fingerprint density at radius 2 is 1.85 bits per heavy atom. The van der Waals surface area contributed by atoms with E-state index in [9.17, 15) is 5.11 Å². The molecule has 0 spiro atoms. The van der Waals surface area contributed by atoms with Crippen molar-refractivity contribution < 1.29 is 5.11 Å². The lowest BCUT2D eigenvalue weighted by Crippen LogP contribution is -2.48. The molecule has 2 atom stereocenters. The molecule has 13 heavy (non-hydrogen) atoms. The highest BCUT2D eigenvalue weighted by molar-refractivity contribution is 5.13. The van der Waals surface area contributed by atoms with Crippen molar-refractivity contribution in [1.82, 2.24) is 0 Å². The van der Waals surface area contributed by atoms with Crippen LogP contribution < -0.4 is 0 Å². The molecule has 0 heterocycles. The maximum Gasteiger partial charge on any atom is 0.0690 e. The molecular weight excluding hydrogens is 162 g/mol. The van der Waals surface area contributed by atoms with Gasteiger partial charge in [-0.05, 0) is 40.0 Å². The molecule has 2 unspecified atom stereocenters. The number of rotatable bonds is 1. The van der Waals surface area contributed by atoms with Gasteiger partial charge in [-0.1, -0.05) is 6.92 Å². The fraction of sp³-hybridized carbons (Fsp3) is 0.909. The third-order valence-electron chi connectivity index (χ3n) is 4.19. The Hall–Kier alpha value is -0.550. The summed E-state index contributed by atoms with van der Waals surface area (Å²) in [5.41, 5.74) is -1.41. The van der Waals surface area contributed by atoms with Gasteiger partial charge in [0.25, 0.3) is 0 Å². The summed E-state index contributed by atoms with van der Waals surface area (Å²) in [6.07, 6.45) is 2.78. The van der Waals surface area contributed by atoms with Crippen molar-refractivity contribution in [2.75, 3.05) is 0 Å². The van der Waals surface area contributed by atoms with Crippen LogP contribution in [0, 0.1) is 22.2 Å². The lowest BCUT2D eigenvalue weighted by atomic mass is 9.60. The maximum atomic E-state index is 10.2. The van der Waals surface area contributed by atoms with E-state index in [0.29, 0.717) is 0 Å². The number of nitrogens with zero attached hydrogens (tertiary/aromatic N) is 1. The van der Waals surface area contributed by atoms with Crippen molar-refractivity contribution in [3.8, 4) is 6.07 Å². The van der Waals surface area contributed by atoms with Crippen LogP contribution in [-0.4, -0.2) is 10.7 Å². The summed E-state index contributed by atoms with van der Waals surface area (Å²) in [7, 11) is 0. The van der Waals surface area contributed by atoms with E-state index in [2.05, 4.69) is 6.07 Å². The predicted octanol–water partition coefficient (Wildman–Crippen LogP) is 2.48. The van der Waals surface area contributed by atoms with Crippen molar-refractivity contribution in [3.05, 3.63) is 0 Å². The summed E-state index contributed by atoms with van der Waals surface area (Å²) < 4.78 is 0. The average Bonchev–Trinajstić information content (AvgIpc) is 2.28. The smallest absolute Gasteiger partial charge is 0.0690 e. The van der Waals surface area contributed by atoms with E-state index < -0.39 is 11.0 Å². The molecule has 0 aliphatic heterocycles. The van der Waals surface area contributed by atoms with Crippen LogP contribution in [-0.2, 0) is 0 Å². The van der Waals surface area contributed by atoms with Gasteiger partial charge in [-0.25, -0.2) is 0 Å². The van der Waals surface area contributed by atoms with Crippen molar-refractivity contribution >= 4 is 0 Å². The monoisotopic (exact) mass is 181 g/mol. The first-order valence-corrected chi connectivity index (χ1v) is 4.90. The first-order chi connectivity index (χ1) is 5.77. The van der Waals surface area contributed by atoms with Crippen LogP contribution >= 0.6 is 0 Å². The van der Waals surface area contributed by atoms with Crippen molar-refractivity contribution in [2.45, 2.75) is 52.6 Å². The van der Waals surface area contributed by atoms with Gasteiger partial charge >= 0.3 is 0 Å². The van der Waals surface area contributed by atoms with Gasteiger partial charge in [0.15, 0.2) is 0 Å². The molecule has 2 nitrogen and oxygen atoms in total. The number of hydrogen-bond donors (Lipinski definition) is 1. The van der Waals surface area contributed by atoms with Gasteiger partial charge in [0.1, 0.15) is 0 Å². The third kappa shape index (κ3) is 1.26. The van der Waals surface area contributed by atoms with Crippen molar-refractivity contribution in [3.63, 3.8) is 0 Å². The second kappa shape index (κ2) is 2.72. The van der Waals surface area contributed by atoms with E-state index in [1.165, 1.54) is 0 Å². The maximum absolute atomic E-state index is 10.2. The second-order valence-electron chi connectivity index (χ2n) is 5.20. The van der Waals surface area contributed by atoms with E-state index in [4.69, 9.17) is 5.26 Å². The van der Waals surface area contributed by atoms with Crippen molar-refractivity contribution in [2.24, 2.45) is 10.8 Å². The quantitative estimate of drug-likeness (QED) is 0.675. The fourth-order valence-corrected chi connectivity index (χ4v) is 2.44. The van der Waals surface area contributed by atoms with Crippen LogP contribution in [0.3, 0.4) is 0 Å². The van der Waals surface area contributed by atoms with Crippen LogP contribution in [0.2, 0.25) is 0 Å². The third-order valence-corrected chi connectivity index (χ3v) is 4.19. The molecule has 0 amide bonds. The molecule has 1 aliphatic carbocycles. The summed E-state index contributed by atoms with van der Waals surface area (Å²) in [6.45, 7) is 7.74. The molecule has 1 rings (SSSR count). The zero-order valence-corrected chi connectivity index (χ0v) is 9.02. The topological polar surface area (TPSA) is 44.0 Å². The second-order valence-corrected chi connectivity index (χ2v) is 5.20. The minimum absolute atomic E-state index is 0.269. The lowest BCUT2D eigenvalue weighted by molar-refractivity contribution is -0.0817. The van der Waals surface area contributed by atoms with Gasteiger partial charge in [0.2, 0.25) is 0 Å². The van der Waals surface area contributed by atoms with Crippen molar-refractivity contribution in [1.29, 1.82) is 5.26 Å². The van der Waals surface area contributed by atoms with Crippen LogP contribution in [0.25, 0.3) is 0 Å². The largest absolute Gasteiger partial charge is 0.390 e. The normalized spacial score (nSPS) is 40.3. The summed E-state index contributed by atoms with van der Waals surface area (Å²) in [4.78, 5) is 0. The van der Waals surface area contributed by atoms with Crippen LogP contribution in [0.1, 0.15) is 47.0 Å². The zero-order chi connectivity index (χ0) is 10.3. The summed E-state index contributed by atoms with van der Waals surface area (Å²) in [6, 6.07) is 2.32. The van der Waals surface area contributed by atoms with Crippen LogP contribution in [0.5, 0.6) is 0 Å². The summed E-state index contributed by atoms with van der Waals surface area (Å²) in [5, 5.41) is 19.3. The average molecular weight is 181 g/mol. The van der Waals surface area contributed by atoms with Gasteiger partial charge in [-0.3, -0.25) is 0 Å². The molecule has 0 aromatic heterocycles. The first-order valence-electron chi connectivity index (χ1n) is 4.90. The Kier molecular flexibility index (Phi) is 2.20. The highest BCUT2D eigenvalue weighted by Crippen LogP contribution is 2.56. The molecule has 1 fully saturated rings. The highest BCUT2D eigenvalue weighted by atomic mass is 16.3. The van der Waals surface area contributed by atoms with Gasteiger partial charge < -0.3 is 5.11 Å². The Labute approximate surface area is 80.6 Å². The van der Waals surface area contributed by atoms with Crippen LogP contribution in [0.4, 0.5) is 0 Å². The Morgan fingerprint density at radius 3 is 2.15 bits per heavy atom. The Morgan fingerprint density at radius 1 is 1.31 bits per heavy atom. The van der Waals surface area contributed by atoms with E-state index in [1.807, 2.05) is 27.7 Å². The van der Waals surface area contributed by atoms with Gasteiger partial charge in [0.05, 0.1) is 17.1 Å². The van der Waals surface area contributed by atoms with E-state index >= 15 is 0 Å². The van der Waals surface area contributed by atoms with E-state index in [-0.39, 0.29) is 5.41 Å². The molecular formula is C11H19NO. The molecule has 0 bridgehead atoms. The minimum atomic E-state index is -0.688. The molecule has 0 aromatic carbocycles. The minimum Gasteiger partial charge on any atom is -0.390 e. The highest BCUT2D eigenvalue weighted by Gasteiger charge is 2.56. The van der Waals surface area contributed by atoms with E-state index in [0.717, 1.165) is 19.3 Å². The predicted molar refractivity (Wildman–Crippen MR) is 52.0 cm³/mol. The number of aliphatic hydroxyl groups is 1. The summed E-state index contributed by atoms with van der Waals surface area (Å²) >= 11 is 0. The molecule has 0 radical (unpaired) electrons. The fourth-order valence-electron chi connectivity index (χ4n) is 2.44.